The number of allylic oxidation sites excluding steroid dienone is 4. The lowest BCUT2D eigenvalue weighted by Gasteiger charge is -2.24. The molecule has 1 aromatic carbocycles. The number of carbonyl (C=O) groups is 2. The number of aliphatic hydroxyl groups is 1. The van der Waals surface area contributed by atoms with Crippen LogP contribution in [0.2, 0.25) is 5.02 Å². The molecule has 0 atom stereocenters. The van der Waals surface area contributed by atoms with E-state index in [0.29, 0.717) is 17.3 Å². The molecule has 0 unspecified atom stereocenters. The molecule has 0 saturated carbocycles. The van der Waals surface area contributed by atoms with Gasteiger partial charge in [0, 0.05) is 29.0 Å². The molecule has 0 fully saturated rings. The number of benzene rings is 1. The zero-order valence-corrected chi connectivity index (χ0v) is 17.0. The fourth-order valence-corrected chi connectivity index (χ4v) is 3.35. The zero-order chi connectivity index (χ0) is 20.8. The summed E-state index contributed by atoms with van der Waals surface area (Å²) in [6, 6.07) is 7.01. The van der Waals surface area contributed by atoms with Crippen LogP contribution in [0.4, 0.5) is 0 Å². The van der Waals surface area contributed by atoms with Crippen molar-refractivity contribution in [2.75, 3.05) is 26.2 Å². The van der Waals surface area contributed by atoms with Crippen molar-refractivity contribution in [2.45, 2.75) is 13.3 Å². The van der Waals surface area contributed by atoms with Crippen molar-refractivity contribution in [3.8, 4) is 0 Å². The van der Waals surface area contributed by atoms with E-state index in [0.717, 1.165) is 28.5 Å². The van der Waals surface area contributed by atoms with Crippen LogP contribution in [0.15, 0.2) is 59.7 Å². The van der Waals surface area contributed by atoms with Crippen LogP contribution in [0.3, 0.4) is 0 Å². The number of aromatic nitrogens is 1. The summed E-state index contributed by atoms with van der Waals surface area (Å²) in [5, 5.41) is 13.4. The molecule has 0 bridgehead atoms. The number of H-pyrrole nitrogens is 1. The van der Waals surface area contributed by atoms with Gasteiger partial charge >= 0.3 is 0 Å². The van der Waals surface area contributed by atoms with E-state index in [4.69, 9.17) is 11.6 Å². The van der Waals surface area contributed by atoms with Gasteiger partial charge in [0.2, 0.25) is 5.91 Å². The van der Waals surface area contributed by atoms with Gasteiger partial charge in [0.15, 0.2) is 0 Å². The average Bonchev–Trinajstić information content (AvgIpc) is 3.02. The Morgan fingerprint density at radius 1 is 1.31 bits per heavy atom. The highest BCUT2D eigenvalue weighted by Gasteiger charge is 2.18. The van der Waals surface area contributed by atoms with Gasteiger partial charge in [0.05, 0.1) is 13.2 Å². The SMILES string of the molecule is CC1=CC=CCC=C1CN(CCO)C(=O)CNC(=O)c1cc2cc(Cl)ccc2[nH]1. The highest BCUT2D eigenvalue weighted by Crippen LogP contribution is 2.20. The van der Waals surface area contributed by atoms with E-state index >= 15 is 0 Å². The first-order valence-electron chi connectivity index (χ1n) is 9.46. The summed E-state index contributed by atoms with van der Waals surface area (Å²) in [4.78, 5) is 29.7. The minimum Gasteiger partial charge on any atom is -0.395 e. The lowest BCUT2D eigenvalue weighted by molar-refractivity contribution is -0.130. The summed E-state index contributed by atoms with van der Waals surface area (Å²) in [5.41, 5.74) is 3.27. The number of rotatable bonds is 7. The molecule has 7 heteroatoms. The first kappa shape index (κ1) is 20.9. The van der Waals surface area contributed by atoms with E-state index in [1.807, 2.05) is 25.2 Å². The van der Waals surface area contributed by atoms with Gasteiger partial charge in [-0.15, -0.1) is 0 Å². The number of aliphatic hydroxyl groups excluding tert-OH is 1. The molecule has 0 aliphatic heterocycles. The molecule has 2 amide bonds. The molecule has 6 nitrogen and oxygen atoms in total. The number of nitrogens with zero attached hydrogens (tertiary/aromatic N) is 1. The quantitative estimate of drug-likeness (QED) is 0.651. The number of aromatic amines is 1. The third-order valence-corrected chi connectivity index (χ3v) is 5.04. The third-order valence-electron chi connectivity index (χ3n) is 4.80. The average molecular weight is 414 g/mol. The smallest absolute Gasteiger partial charge is 0.268 e. The van der Waals surface area contributed by atoms with Crippen molar-refractivity contribution in [1.29, 1.82) is 0 Å². The van der Waals surface area contributed by atoms with Crippen molar-refractivity contribution < 1.29 is 14.7 Å². The molecule has 29 heavy (non-hydrogen) atoms. The van der Waals surface area contributed by atoms with Gasteiger partial charge in [-0.2, -0.15) is 0 Å². The van der Waals surface area contributed by atoms with E-state index in [1.165, 1.54) is 0 Å². The second-order valence-corrected chi connectivity index (χ2v) is 7.32. The first-order valence-corrected chi connectivity index (χ1v) is 9.83. The molecule has 0 radical (unpaired) electrons. The Bertz CT molecular complexity index is 1000. The molecule has 3 N–H and O–H groups in total. The minimum absolute atomic E-state index is 0.142. The van der Waals surface area contributed by atoms with Crippen molar-refractivity contribution >= 4 is 34.3 Å². The number of fused-ring (bicyclic) bond motifs is 1. The van der Waals surface area contributed by atoms with Crippen LogP contribution in [0.1, 0.15) is 23.8 Å². The van der Waals surface area contributed by atoms with Gasteiger partial charge in [-0.3, -0.25) is 9.59 Å². The standard InChI is InChI=1S/C22H24ClN3O3/c1-15-5-3-2-4-6-16(15)14-26(9-10-27)21(28)13-24-22(29)20-12-17-11-18(23)7-8-19(17)25-20/h2-3,5-8,11-12,25,27H,4,9-10,13-14H2,1H3,(H,24,29). The Morgan fingerprint density at radius 2 is 2.14 bits per heavy atom. The Labute approximate surface area is 174 Å². The lowest BCUT2D eigenvalue weighted by atomic mass is 10.1. The number of nitrogens with one attached hydrogen (secondary N) is 2. The van der Waals surface area contributed by atoms with Gasteiger partial charge < -0.3 is 20.3 Å². The minimum atomic E-state index is -0.372. The van der Waals surface area contributed by atoms with Crippen LogP contribution >= 0.6 is 11.6 Å². The molecule has 1 aliphatic rings. The van der Waals surface area contributed by atoms with Crippen LogP contribution in [-0.4, -0.2) is 53.0 Å². The second kappa shape index (κ2) is 9.58. The van der Waals surface area contributed by atoms with Crippen LogP contribution in [-0.2, 0) is 4.79 Å². The van der Waals surface area contributed by atoms with Gasteiger partial charge in [0.25, 0.3) is 5.91 Å². The van der Waals surface area contributed by atoms with E-state index in [2.05, 4.69) is 16.4 Å². The number of hydrogen-bond donors (Lipinski definition) is 3. The van der Waals surface area contributed by atoms with Crippen molar-refractivity contribution in [1.82, 2.24) is 15.2 Å². The summed E-state index contributed by atoms with van der Waals surface area (Å²) in [6.07, 6.45) is 8.91. The van der Waals surface area contributed by atoms with Gasteiger partial charge in [0.1, 0.15) is 5.69 Å². The van der Waals surface area contributed by atoms with Crippen LogP contribution in [0.25, 0.3) is 10.9 Å². The van der Waals surface area contributed by atoms with Crippen LogP contribution in [0, 0.1) is 0 Å². The molecule has 3 rings (SSSR count). The highest BCUT2D eigenvalue weighted by molar-refractivity contribution is 6.31. The lowest BCUT2D eigenvalue weighted by Crippen LogP contribution is -2.42. The maximum Gasteiger partial charge on any atom is 0.268 e. The topological polar surface area (TPSA) is 85.4 Å². The number of hydrogen-bond acceptors (Lipinski definition) is 3. The fraction of sp³-hybridized carbons (Fsp3) is 0.273. The number of carbonyl (C=O) groups excluding carboxylic acids is 2. The van der Waals surface area contributed by atoms with E-state index < -0.39 is 0 Å². The largest absolute Gasteiger partial charge is 0.395 e. The maximum absolute atomic E-state index is 12.7. The summed E-state index contributed by atoms with van der Waals surface area (Å²) >= 11 is 5.98. The summed E-state index contributed by atoms with van der Waals surface area (Å²) < 4.78 is 0. The van der Waals surface area contributed by atoms with E-state index in [-0.39, 0.29) is 31.5 Å². The molecular formula is C22H24ClN3O3. The Balaban J connectivity index is 1.63. The molecule has 2 aromatic rings. The molecule has 0 saturated heterocycles. The summed E-state index contributed by atoms with van der Waals surface area (Å²) in [5.74, 6) is -0.624. The predicted molar refractivity (Wildman–Crippen MR) is 115 cm³/mol. The predicted octanol–water partition coefficient (Wildman–Crippen LogP) is 3.20. The molecule has 1 aliphatic carbocycles. The van der Waals surface area contributed by atoms with Gasteiger partial charge in [-0.05, 0) is 48.8 Å². The number of amides is 2. The molecular weight excluding hydrogens is 390 g/mol. The first-order chi connectivity index (χ1) is 14.0. The fourth-order valence-electron chi connectivity index (χ4n) is 3.17. The third kappa shape index (κ3) is 5.37. The maximum atomic E-state index is 12.7. The normalized spacial score (nSPS) is 13.6. The van der Waals surface area contributed by atoms with Crippen LogP contribution in [0.5, 0.6) is 0 Å². The van der Waals surface area contributed by atoms with Crippen molar-refractivity contribution in [3.05, 3.63) is 70.4 Å². The molecule has 1 aromatic heterocycles. The monoisotopic (exact) mass is 413 g/mol. The zero-order valence-electron chi connectivity index (χ0n) is 16.2. The second-order valence-electron chi connectivity index (χ2n) is 6.88. The Hall–Kier alpha value is -2.83. The Morgan fingerprint density at radius 3 is 2.93 bits per heavy atom. The van der Waals surface area contributed by atoms with Crippen molar-refractivity contribution in [3.63, 3.8) is 0 Å². The molecule has 152 valence electrons. The Kier molecular flexibility index (Phi) is 6.90. The van der Waals surface area contributed by atoms with Gasteiger partial charge in [-0.25, -0.2) is 0 Å². The summed E-state index contributed by atoms with van der Waals surface area (Å²) in [6.45, 7) is 2.30. The highest BCUT2D eigenvalue weighted by atomic mass is 35.5. The van der Waals surface area contributed by atoms with Crippen molar-refractivity contribution in [2.24, 2.45) is 0 Å². The number of halogens is 1. The van der Waals surface area contributed by atoms with Crippen LogP contribution < -0.4 is 5.32 Å². The van der Waals surface area contributed by atoms with Gasteiger partial charge in [-0.1, -0.05) is 35.9 Å². The van der Waals surface area contributed by atoms with E-state index in [9.17, 15) is 14.7 Å². The molecule has 1 heterocycles. The summed E-state index contributed by atoms with van der Waals surface area (Å²) in [7, 11) is 0. The molecule has 0 spiro atoms. The van der Waals surface area contributed by atoms with E-state index in [1.54, 1.807) is 29.2 Å².